The van der Waals surface area contributed by atoms with E-state index in [9.17, 15) is 0 Å². The van der Waals surface area contributed by atoms with Gasteiger partial charge >= 0.3 is 0 Å². The van der Waals surface area contributed by atoms with E-state index in [-0.39, 0.29) is 5.54 Å². The maximum Gasteiger partial charge on any atom is 0.203 e. The minimum atomic E-state index is 0.106. The Morgan fingerprint density at radius 1 is 1.37 bits per heavy atom. The van der Waals surface area contributed by atoms with Gasteiger partial charge in [-0.3, -0.25) is 4.40 Å². The molecule has 2 aliphatic rings. The number of anilines is 1. The van der Waals surface area contributed by atoms with Gasteiger partial charge in [0.1, 0.15) is 6.33 Å². The second-order valence-electron chi connectivity index (χ2n) is 6.10. The van der Waals surface area contributed by atoms with Gasteiger partial charge in [-0.15, -0.1) is 10.2 Å². The molecule has 1 N–H and O–H groups in total. The Balaban J connectivity index is 1.82. The van der Waals surface area contributed by atoms with Crippen LogP contribution in [0, 0.1) is 11.8 Å². The van der Waals surface area contributed by atoms with Gasteiger partial charge in [-0.05, 0) is 25.7 Å². The van der Waals surface area contributed by atoms with Gasteiger partial charge in [0.05, 0.1) is 0 Å². The Hall–Kier alpha value is -1.69. The fourth-order valence-electron chi connectivity index (χ4n) is 3.72. The maximum atomic E-state index is 4.57. The van der Waals surface area contributed by atoms with Crippen molar-refractivity contribution in [1.82, 2.24) is 24.9 Å². The molecule has 0 spiro atoms. The van der Waals surface area contributed by atoms with Gasteiger partial charge < -0.3 is 10.2 Å². The predicted molar refractivity (Wildman–Crippen MR) is 72.1 cm³/mol. The summed E-state index contributed by atoms with van der Waals surface area (Å²) < 4.78 is 1.94. The van der Waals surface area contributed by atoms with Gasteiger partial charge in [0, 0.05) is 37.6 Å². The van der Waals surface area contributed by atoms with Crippen molar-refractivity contribution >= 4 is 11.5 Å². The second kappa shape index (κ2) is 3.66. The molecule has 0 amide bonds. The molecular formula is C13H18N6. The van der Waals surface area contributed by atoms with Crippen molar-refractivity contribution in [2.75, 3.05) is 24.5 Å². The first-order valence-corrected chi connectivity index (χ1v) is 6.80. The molecule has 100 valence electrons. The zero-order valence-corrected chi connectivity index (χ0v) is 11.2. The molecule has 2 aliphatic heterocycles. The van der Waals surface area contributed by atoms with Crippen LogP contribution in [0.4, 0.5) is 5.82 Å². The van der Waals surface area contributed by atoms with Crippen molar-refractivity contribution in [3.8, 4) is 0 Å². The summed E-state index contributed by atoms with van der Waals surface area (Å²) in [5, 5.41) is 11.7. The predicted octanol–water partition coefficient (Wildman–Crippen LogP) is 0.558. The van der Waals surface area contributed by atoms with E-state index in [0.717, 1.165) is 31.1 Å². The molecule has 4 rings (SSSR count). The van der Waals surface area contributed by atoms with Crippen molar-refractivity contribution in [3.63, 3.8) is 0 Å². The highest BCUT2D eigenvalue weighted by molar-refractivity contribution is 5.65. The van der Waals surface area contributed by atoms with Crippen LogP contribution in [0.25, 0.3) is 5.65 Å². The molecule has 2 unspecified atom stereocenters. The monoisotopic (exact) mass is 258 g/mol. The number of hydrogen-bond donors (Lipinski definition) is 1. The third-order valence-electron chi connectivity index (χ3n) is 4.81. The van der Waals surface area contributed by atoms with Gasteiger partial charge in [0.25, 0.3) is 0 Å². The molecule has 2 saturated heterocycles. The lowest BCUT2D eigenvalue weighted by Crippen LogP contribution is -2.45. The number of nitrogens with zero attached hydrogens (tertiary/aromatic N) is 5. The molecule has 2 aromatic rings. The lowest BCUT2D eigenvalue weighted by atomic mass is 9.85. The summed E-state index contributed by atoms with van der Waals surface area (Å²) in [6.07, 6.45) is 5.45. The molecule has 19 heavy (non-hydrogen) atoms. The average molecular weight is 258 g/mol. The molecule has 0 bridgehead atoms. The number of fused-ring (bicyclic) bond motifs is 2. The first kappa shape index (κ1) is 11.2. The number of aromatic nitrogens is 4. The van der Waals surface area contributed by atoms with Crippen LogP contribution in [0.15, 0.2) is 18.7 Å². The lowest BCUT2D eigenvalue weighted by molar-refractivity contribution is 0.356. The molecule has 0 aliphatic carbocycles. The summed E-state index contributed by atoms with van der Waals surface area (Å²) in [4.78, 5) is 6.98. The van der Waals surface area contributed by atoms with Crippen LogP contribution in [0.1, 0.15) is 13.8 Å². The smallest absolute Gasteiger partial charge is 0.203 e. The normalized spacial score (nSPS) is 29.1. The van der Waals surface area contributed by atoms with Crippen molar-refractivity contribution < 1.29 is 0 Å². The average Bonchev–Trinajstić information content (AvgIpc) is 3.06. The van der Waals surface area contributed by atoms with E-state index in [4.69, 9.17) is 0 Å². The van der Waals surface area contributed by atoms with Crippen LogP contribution in [-0.2, 0) is 0 Å². The number of rotatable bonds is 1. The molecule has 2 fully saturated rings. The minimum absolute atomic E-state index is 0.106. The van der Waals surface area contributed by atoms with E-state index in [0.29, 0.717) is 11.8 Å². The SMILES string of the molecule is CC1(C)C2CNCC2CN1c1nccn2cnnc12. The molecule has 4 heterocycles. The highest BCUT2D eigenvalue weighted by atomic mass is 15.3. The van der Waals surface area contributed by atoms with E-state index in [2.05, 4.69) is 39.2 Å². The lowest BCUT2D eigenvalue weighted by Gasteiger charge is -2.36. The molecule has 0 saturated carbocycles. The summed E-state index contributed by atoms with van der Waals surface area (Å²) in [6, 6.07) is 0. The van der Waals surface area contributed by atoms with Crippen molar-refractivity contribution in [3.05, 3.63) is 18.7 Å². The number of hydrogen-bond acceptors (Lipinski definition) is 5. The summed E-state index contributed by atoms with van der Waals surface area (Å²) in [5.41, 5.74) is 0.957. The van der Waals surface area contributed by atoms with E-state index in [1.807, 2.05) is 16.8 Å². The van der Waals surface area contributed by atoms with Gasteiger partial charge in [0.2, 0.25) is 5.65 Å². The van der Waals surface area contributed by atoms with E-state index < -0.39 is 0 Å². The molecule has 2 atom stereocenters. The van der Waals surface area contributed by atoms with Crippen molar-refractivity contribution in [2.45, 2.75) is 19.4 Å². The highest BCUT2D eigenvalue weighted by Gasteiger charge is 2.50. The quantitative estimate of drug-likeness (QED) is 0.810. The van der Waals surface area contributed by atoms with Crippen molar-refractivity contribution in [2.24, 2.45) is 11.8 Å². The summed E-state index contributed by atoms with van der Waals surface area (Å²) in [6.45, 7) is 7.88. The fraction of sp³-hybridized carbons (Fsp3) is 0.615. The van der Waals surface area contributed by atoms with Crippen molar-refractivity contribution in [1.29, 1.82) is 0 Å². The first-order chi connectivity index (χ1) is 9.18. The largest absolute Gasteiger partial charge is 0.348 e. The Labute approximate surface area is 111 Å². The second-order valence-corrected chi connectivity index (χ2v) is 6.10. The third-order valence-corrected chi connectivity index (χ3v) is 4.81. The Kier molecular flexibility index (Phi) is 2.15. The molecule has 0 radical (unpaired) electrons. The summed E-state index contributed by atoms with van der Waals surface area (Å²) >= 11 is 0. The molecule has 6 heteroatoms. The van der Waals surface area contributed by atoms with Crippen LogP contribution in [0.5, 0.6) is 0 Å². The molecular weight excluding hydrogens is 240 g/mol. The van der Waals surface area contributed by atoms with Gasteiger partial charge in [0.15, 0.2) is 5.82 Å². The minimum Gasteiger partial charge on any atom is -0.348 e. The Morgan fingerprint density at radius 3 is 3.11 bits per heavy atom. The van der Waals surface area contributed by atoms with Crippen LogP contribution < -0.4 is 10.2 Å². The first-order valence-electron chi connectivity index (χ1n) is 6.80. The summed E-state index contributed by atoms with van der Waals surface area (Å²) in [5.74, 6) is 2.34. The van der Waals surface area contributed by atoms with Crippen LogP contribution in [0.2, 0.25) is 0 Å². The van der Waals surface area contributed by atoms with Gasteiger partial charge in [-0.1, -0.05) is 0 Å². The van der Waals surface area contributed by atoms with Gasteiger partial charge in [-0.2, -0.15) is 0 Å². The maximum absolute atomic E-state index is 4.57. The fourth-order valence-corrected chi connectivity index (χ4v) is 3.72. The van der Waals surface area contributed by atoms with E-state index in [1.165, 1.54) is 0 Å². The summed E-state index contributed by atoms with van der Waals surface area (Å²) in [7, 11) is 0. The van der Waals surface area contributed by atoms with Gasteiger partial charge in [-0.25, -0.2) is 4.98 Å². The molecule has 0 aromatic carbocycles. The zero-order valence-electron chi connectivity index (χ0n) is 11.2. The topological polar surface area (TPSA) is 58.4 Å². The van der Waals surface area contributed by atoms with Crippen LogP contribution in [-0.4, -0.2) is 44.8 Å². The van der Waals surface area contributed by atoms with Crippen LogP contribution >= 0.6 is 0 Å². The highest BCUT2D eigenvalue weighted by Crippen LogP contribution is 2.43. The molecule has 2 aromatic heterocycles. The van der Waals surface area contributed by atoms with Crippen LogP contribution in [0.3, 0.4) is 0 Å². The Bertz CT molecular complexity index is 618. The van der Waals surface area contributed by atoms with E-state index in [1.54, 1.807) is 6.33 Å². The zero-order chi connectivity index (χ0) is 13.0. The Morgan fingerprint density at radius 2 is 2.26 bits per heavy atom. The molecule has 6 nitrogen and oxygen atoms in total. The standard InChI is InChI=1S/C13H18N6/c1-13(2)10-6-14-5-9(10)7-19(13)11-12-17-16-8-18(12)4-3-15-11/h3-4,8-10,14H,5-7H2,1-2H3. The number of nitrogens with one attached hydrogen (secondary N) is 1. The third kappa shape index (κ3) is 1.43. The van der Waals surface area contributed by atoms with E-state index >= 15 is 0 Å².